The predicted molar refractivity (Wildman–Crippen MR) is 196 cm³/mol. The third kappa shape index (κ3) is 4.26. The number of para-hydroxylation sites is 2. The second-order valence-electron chi connectivity index (χ2n) is 13.6. The summed E-state index contributed by atoms with van der Waals surface area (Å²) in [6.07, 6.45) is 0. The van der Waals surface area contributed by atoms with E-state index < -0.39 is 10.8 Å². The minimum Gasteiger partial charge on any atom is -0.306 e. The molecule has 6 heteroatoms. The van der Waals surface area contributed by atoms with Crippen molar-refractivity contribution < 1.29 is 4.21 Å². The van der Waals surface area contributed by atoms with Crippen molar-refractivity contribution in [3.8, 4) is 5.69 Å². The van der Waals surface area contributed by atoms with Crippen LogP contribution in [-0.2, 0) is 10.8 Å². The van der Waals surface area contributed by atoms with Crippen LogP contribution in [0.1, 0.15) is 76.0 Å². The van der Waals surface area contributed by atoms with Gasteiger partial charge >= 0.3 is 0 Å². The molecule has 228 valence electrons. The van der Waals surface area contributed by atoms with Gasteiger partial charge < -0.3 is 4.57 Å². The van der Waals surface area contributed by atoms with Crippen LogP contribution in [0, 0.1) is 0 Å². The van der Waals surface area contributed by atoms with Crippen LogP contribution in [-0.4, -0.2) is 15.5 Å². The van der Waals surface area contributed by atoms with Gasteiger partial charge in [-0.05, 0) is 70.8 Å². The highest BCUT2D eigenvalue weighted by atomic mass is 32.2. The Hall–Kier alpha value is -3.87. The van der Waals surface area contributed by atoms with Gasteiger partial charge in [0.25, 0.3) is 0 Å². The van der Waals surface area contributed by atoms with Crippen LogP contribution < -0.4 is 21.8 Å². The topological polar surface area (TPSA) is 39.1 Å². The minimum atomic E-state index is -1.36. The van der Waals surface area contributed by atoms with Gasteiger partial charge in [0, 0.05) is 20.6 Å². The van der Waals surface area contributed by atoms with Gasteiger partial charge in [0.05, 0.1) is 37.3 Å². The Morgan fingerprint density at radius 2 is 1.35 bits per heavy atom. The van der Waals surface area contributed by atoms with Crippen LogP contribution in [0.2, 0.25) is 0 Å². The molecule has 0 radical (unpaired) electrons. The molecular weight excluding hydrogens is 601 g/mol. The van der Waals surface area contributed by atoms with Crippen LogP contribution in [0.4, 0.5) is 0 Å². The van der Waals surface area contributed by atoms with E-state index >= 15 is 0 Å². The maximum Gasteiger partial charge on any atom is 0.244 e. The first kappa shape index (κ1) is 29.5. The van der Waals surface area contributed by atoms with E-state index in [9.17, 15) is 9.00 Å². The molecule has 8 rings (SSSR count). The molecular formula is C40H36BNO2S2. The van der Waals surface area contributed by atoms with Crippen molar-refractivity contribution in [1.82, 2.24) is 4.57 Å². The number of fused-ring (bicyclic) bond motifs is 6. The van der Waals surface area contributed by atoms with Gasteiger partial charge in [-0.25, -0.2) is 4.21 Å². The molecule has 6 aromatic rings. The number of nitrogens with zero attached hydrogens (tertiary/aromatic N) is 1. The zero-order valence-electron chi connectivity index (χ0n) is 27.0. The average Bonchev–Trinajstić information content (AvgIpc) is 3.05. The fourth-order valence-electron chi connectivity index (χ4n) is 7.54. The molecule has 0 saturated heterocycles. The molecule has 5 aromatic carbocycles. The van der Waals surface area contributed by atoms with Gasteiger partial charge in [-0.1, -0.05) is 124 Å². The summed E-state index contributed by atoms with van der Waals surface area (Å²) in [6.45, 7) is 13.8. The molecule has 0 spiro atoms. The van der Waals surface area contributed by atoms with Gasteiger partial charge in [0.15, 0.2) is 5.43 Å². The molecule has 0 amide bonds. The third-order valence-electron chi connectivity index (χ3n) is 9.81. The number of benzene rings is 5. The molecule has 0 N–H and O–H groups in total. The molecule has 1 aromatic heterocycles. The number of hydrogen-bond acceptors (Lipinski definition) is 3. The number of pyridine rings is 1. The first-order valence-electron chi connectivity index (χ1n) is 16.3. The molecule has 3 heterocycles. The highest BCUT2D eigenvalue weighted by Gasteiger charge is 2.37. The van der Waals surface area contributed by atoms with Gasteiger partial charge in [0.1, 0.15) is 0 Å². The maximum atomic E-state index is 14.5. The Labute approximate surface area is 277 Å². The van der Waals surface area contributed by atoms with Crippen molar-refractivity contribution in [3.63, 3.8) is 0 Å². The van der Waals surface area contributed by atoms with Crippen molar-refractivity contribution in [2.75, 3.05) is 0 Å². The van der Waals surface area contributed by atoms with E-state index in [4.69, 9.17) is 0 Å². The van der Waals surface area contributed by atoms with E-state index in [-0.39, 0.29) is 12.1 Å². The molecule has 0 fully saturated rings. The lowest BCUT2D eigenvalue weighted by Crippen LogP contribution is -2.57. The molecule has 46 heavy (non-hydrogen) atoms. The van der Waals surface area contributed by atoms with E-state index in [0.29, 0.717) is 33.4 Å². The van der Waals surface area contributed by atoms with Crippen molar-refractivity contribution in [2.24, 2.45) is 0 Å². The summed E-state index contributed by atoms with van der Waals surface area (Å²) >= 11 is 1.79. The largest absolute Gasteiger partial charge is 0.306 e. The van der Waals surface area contributed by atoms with E-state index in [1.807, 2.05) is 42.5 Å². The summed E-state index contributed by atoms with van der Waals surface area (Å²) in [4.78, 5) is 18.4. The van der Waals surface area contributed by atoms with Crippen molar-refractivity contribution in [2.45, 2.75) is 78.9 Å². The fraction of sp³-hybridized carbons (Fsp3) is 0.225. The van der Waals surface area contributed by atoms with Gasteiger partial charge in [0.2, 0.25) is 6.71 Å². The summed E-state index contributed by atoms with van der Waals surface area (Å²) in [7, 11) is -1.36. The fourth-order valence-corrected chi connectivity index (χ4v) is 10.1. The standard InChI is InChI=1S/C40H36BNO2S2/c1-22(2)25-18-27(23(3)4)38(28(19-25)24(5)6)41-30-13-7-9-15-34(30)45-35-21-33-29(20-31(35)41)40(43)26-12-11-17-37-39(26)42(33)32-14-8-10-16-36(32)46(37)44/h7-24H,1-6H3. The van der Waals surface area contributed by atoms with E-state index in [2.05, 4.69) is 94.6 Å². The molecule has 1 atom stereocenters. The van der Waals surface area contributed by atoms with E-state index in [1.54, 1.807) is 11.8 Å². The third-order valence-corrected chi connectivity index (χ3v) is 12.5. The molecule has 2 aliphatic rings. The molecule has 0 aliphatic carbocycles. The van der Waals surface area contributed by atoms with Gasteiger partial charge in [-0.2, -0.15) is 0 Å². The molecule has 0 saturated carbocycles. The zero-order chi connectivity index (χ0) is 32.0. The summed E-state index contributed by atoms with van der Waals surface area (Å²) < 4.78 is 15.9. The smallest absolute Gasteiger partial charge is 0.244 e. The summed E-state index contributed by atoms with van der Waals surface area (Å²) in [5.74, 6) is 1.11. The van der Waals surface area contributed by atoms with Crippen molar-refractivity contribution in [3.05, 3.63) is 118 Å². The summed E-state index contributed by atoms with van der Waals surface area (Å²) in [5, 5.41) is 1.31. The Kier molecular flexibility index (Phi) is 6.97. The molecule has 2 aliphatic heterocycles. The van der Waals surface area contributed by atoms with E-state index in [0.717, 1.165) is 26.5 Å². The van der Waals surface area contributed by atoms with Crippen LogP contribution in [0.5, 0.6) is 0 Å². The van der Waals surface area contributed by atoms with Crippen molar-refractivity contribution >= 4 is 67.5 Å². The first-order chi connectivity index (χ1) is 22.2. The van der Waals surface area contributed by atoms with Gasteiger partial charge in [-0.3, -0.25) is 4.79 Å². The second-order valence-corrected chi connectivity index (χ2v) is 16.1. The lowest BCUT2D eigenvalue weighted by molar-refractivity contribution is 0.682. The predicted octanol–water partition coefficient (Wildman–Crippen LogP) is 7.98. The second kappa shape index (κ2) is 10.9. The first-order valence-corrected chi connectivity index (χ1v) is 18.2. The number of aromatic nitrogens is 1. The molecule has 0 bridgehead atoms. The minimum absolute atomic E-state index is 0.00422. The maximum absolute atomic E-state index is 14.5. The number of hydrogen-bond donors (Lipinski definition) is 0. The lowest BCUT2D eigenvalue weighted by Gasteiger charge is -2.32. The lowest BCUT2D eigenvalue weighted by atomic mass is 9.34. The van der Waals surface area contributed by atoms with Crippen LogP contribution in [0.3, 0.4) is 0 Å². The Morgan fingerprint density at radius 3 is 2.07 bits per heavy atom. The number of rotatable bonds is 4. The van der Waals surface area contributed by atoms with Crippen LogP contribution in [0.25, 0.3) is 27.5 Å². The van der Waals surface area contributed by atoms with E-state index in [1.165, 1.54) is 38.0 Å². The molecule has 1 unspecified atom stereocenters. The highest BCUT2D eigenvalue weighted by Crippen LogP contribution is 2.40. The Bertz CT molecular complexity index is 2310. The highest BCUT2D eigenvalue weighted by molar-refractivity contribution is 8.00. The monoisotopic (exact) mass is 637 g/mol. The van der Waals surface area contributed by atoms with Crippen molar-refractivity contribution in [1.29, 1.82) is 0 Å². The quantitative estimate of drug-likeness (QED) is 0.145. The van der Waals surface area contributed by atoms with Crippen LogP contribution in [0.15, 0.2) is 115 Å². The summed E-state index contributed by atoms with van der Waals surface area (Å²) in [5.41, 5.74) is 10.5. The Balaban J connectivity index is 1.51. The van der Waals surface area contributed by atoms with Gasteiger partial charge in [-0.15, -0.1) is 0 Å². The molecule has 3 nitrogen and oxygen atoms in total. The normalized spacial score (nSPS) is 15.2. The average molecular weight is 638 g/mol. The zero-order valence-corrected chi connectivity index (χ0v) is 28.7. The summed E-state index contributed by atoms with van der Waals surface area (Å²) in [6, 6.07) is 31.6. The SMILES string of the molecule is CC(C)c1cc(C(C)C)c(B2c3ccccc3Sc3cc4c(cc32)c(=O)c2cccc3c2n4-c2ccccc2S3=O)c(C(C)C)c1. The van der Waals surface area contributed by atoms with Crippen LogP contribution >= 0.6 is 11.8 Å². The Morgan fingerprint density at radius 1 is 0.674 bits per heavy atom.